The van der Waals surface area contributed by atoms with Crippen LogP contribution in [0, 0.1) is 11.3 Å². The van der Waals surface area contributed by atoms with Crippen LogP contribution >= 0.6 is 15.9 Å². The van der Waals surface area contributed by atoms with Crippen molar-refractivity contribution in [2.24, 2.45) is 0 Å². The maximum absolute atomic E-state index is 11.9. The maximum atomic E-state index is 11.9. The van der Waals surface area contributed by atoms with Gasteiger partial charge in [-0.3, -0.25) is 4.79 Å². The molecule has 1 aliphatic carbocycles. The third-order valence-electron chi connectivity index (χ3n) is 3.69. The largest absolute Gasteiger partial charge is 0.452 e. The second-order valence-electron chi connectivity index (χ2n) is 5.39. The van der Waals surface area contributed by atoms with E-state index in [1.165, 1.54) is 0 Å². The van der Waals surface area contributed by atoms with Crippen molar-refractivity contribution in [1.82, 2.24) is 5.32 Å². The monoisotopic (exact) mass is 364 g/mol. The van der Waals surface area contributed by atoms with Crippen LogP contribution < -0.4 is 5.32 Å². The summed E-state index contributed by atoms with van der Waals surface area (Å²) in [5, 5.41) is 12.0. The van der Waals surface area contributed by atoms with Gasteiger partial charge in [-0.25, -0.2) is 4.79 Å². The van der Waals surface area contributed by atoms with Gasteiger partial charge in [0.2, 0.25) is 0 Å². The Labute approximate surface area is 137 Å². The summed E-state index contributed by atoms with van der Waals surface area (Å²) in [6.07, 6.45) is 4.22. The van der Waals surface area contributed by atoms with Crippen LogP contribution in [0.25, 0.3) is 0 Å². The highest BCUT2D eigenvalue weighted by molar-refractivity contribution is 9.10. The molecule has 0 unspecified atom stereocenters. The molecule has 0 saturated heterocycles. The van der Waals surface area contributed by atoms with Crippen molar-refractivity contribution < 1.29 is 14.3 Å². The number of carbonyl (C=O) groups excluding carboxylic acids is 2. The molecule has 1 fully saturated rings. The van der Waals surface area contributed by atoms with E-state index in [1.54, 1.807) is 24.3 Å². The van der Waals surface area contributed by atoms with Gasteiger partial charge in [-0.15, -0.1) is 0 Å². The number of esters is 1. The lowest BCUT2D eigenvalue weighted by atomic mass is 9.83. The van der Waals surface area contributed by atoms with E-state index in [2.05, 4.69) is 27.3 Å². The van der Waals surface area contributed by atoms with Gasteiger partial charge in [-0.1, -0.05) is 41.3 Å². The molecule has 0 atom stereocenters. The second kappa shape index (κ2) is 7.41. The lowest BCUT2D eigenvalue weighted by Gasteiger charge is -2.31. The van der Waals surface area contributed by atoms with Crippen molar-refractivity contribution in [1.29, 1.82) is 5.26 Å². The van der Waals surface area contributed by atoms with E-state index in [9.17, 15) is 14.9 Å². The van der Waals surface area contributed by atoms with E-state index in [1.807, 2.05) is 0 Å². The summed E-state index contributed by atoms with van der Waals surface area (Å²) in [7, 11) is 0. The molecule has 1 aromatic carbocycles. The molecule has 1 aromatic rings. The molecule has 0 radical (unpaired) electrons. The molecule has 2 rings (SSSR count). The van der Waals surface area contributed by atoms with Crippen molar-refractivity contribution in [2.75, 3.05) is 6.61 Å². The lowest BCUT2D eigenvalue weighted by Crippen LogP contribution is -2.50. The number of carbonyl (C=O) groups is 2. The van der Waals surface area contributed by atoms with Gasteiger partial charge >= 0.3 is 5.97 Å². The fourth-order valence-corrected chi connectivity index (χ4v) is 2.95. The second-order valence-corrected chi connectivity index (χ2v) is 6.30. The highest BCUT2D eigenvalue weighted by atomic mass is 79.9. The lowest BCUT2D eigenvalue weighted by molar-refractivity contribution is -0.125. The normalized spacial score (nSPS) is 16.4. The maximum Gasteiger partial charge on any atom is 0.338 e. The average molecular weight is 365 g/mol. The van der Waals surface area contributed by atoms with E-state index in [0.29, 0.717) is 18.4 Å². The summed E-state index contributed by atoms with van der Waals surface area (Å²) < 4.78 is 5.76. The molecule has 0 aromatic heterocycles. The topological polar surface area (TPSA) is 79.2 Å². The summed E-state index contributed by atoms with van der Waals surface area (Å²) in [6, 6.07) is 8.94. The van der Waals surface area contributed by atoms with E-state index < -0.39 is 17.4 Å². The summed E-state index contributed by atoms with van der Waals surface area (Å²) in [6.45, 7) is -0.380. The predicted octanol–water partition coefficient (Wildman–Crippen LogP) is 2.95. The van der Waals surface area contributed by atoms with Crippen LogP contribution in [0.5, 0.6) is 0 Å². The molecule has 5 nitrogen and oxygen atoms in total. The summed E-state index contributed by atoms with van der Waals surface area (Å²) in [5.74, 6) is -1.00. The number of nitrogens with one attached hydrogen (secondary N) is 1. The zero-order valence-electron chi connectivity index (χ0n) is 12.1. The fourth-order valence-electron chi connectivity index (χ4n) is 2.55. The van der Waals surface area contributed by atoms with Crippen LogP contribution in [0.4, 0.5) is 0 Å². The van der Waals surface area contributed by atoms with E-state index in [-0.39, 0.29) is 6.61 Å². The van der Waals surface area contributed by atoms with Crippen LogP contribution in [0.2, 0.25) is 0 Å². The Bertz CT molecular complexity index is 604. The van der Waals surface area contributed by atoms with E-state index in [4.69, 9.17) is 4.74 Å². The SMILES string of the molecule is N#CC1(NC(=O)COC(=O)c2cccc(Br)c2)CCCCC1. The van der Waals surface area contributed by atoms with Gasteiger partial charge in [0.1, 0.15) is 5.54 Å². The highest BCUT2D eigenvalue weighted by Crippen LogP contribution is 2.27. The number of halogens is 1. The number of hydrogen-bond donors (Lipinski definition) is 1. The minimum absolute atomic E-state index is 0.370. The van der Waals surface area contributed by atoms with Crippen LogP contribution in [-0.4, -0.2) is 24.0 Å². The first kappa shape index (κ1) is 16.5. The van der Waals surface area contributed by atoms with Gasteiger partial charge in [0.25, 0.3) is 5.91 Å². The van der Waals surface area contributed by atoms with E-state index in [0.717, 1.165) is 23.7 Å². The molecule has 6 heteroatoms. The van der Waals surface area contributed by atoms with E-state index >= 15 is 0 Å². The number of nitrogens with zero attached hydrogens (tertiary/aromatic N) is 1. The van der Waals surface area contributed by atoms with Crippen molar-refractivity contribution in [3.63, 3.8) is 0 Å². The van der Waals surface area contributed by atoms with Gasteiger partial charge in [0.05, 0.1) is 11.6 Å². The first-order chi connectivity index (χ1) is 10.5. The number of hydrogen-bond acceptors (Lipinski definition) is 4. The minimum atomic E-state index is -0.808. The molecule has 0 aliphatic heterocycles. The zero-order valence-corrected chi connectivity index (χ0v) is 13.7. The third-order valence-corrected chi connectivity index (χ3v) is 4.19. The van der Waals surface area contributed by atoms with Crippen molar-refractivity contribution in [3.8, 4) is 6.07 Å². The molecule has 0 spiro atoms. The molecule has 22 heavy (non-hydrogen) atoms. The summed E-state index contributed by atoms with van der Waals surface area (Å²) in [4.78, 5) is 23.8. The van der Waals surface area contributed by atoms with Crippen molar-refractivity contribution in [2.45, 2.75) is 37.6 Å². The highest BCUT2D eigenvalue weighted by Gasteiger charge is 2.33. The molecule has 1 aliphatic rings. The molecule has 0 bridgehead atoms. The smallest absolute Gasteiger partial charge is 0.338 e. The van der Waals surface area contributed by atoms with Crippen molar-refractivity contribution >= 4 is 27.8 Å². The van der Waals surface area contributed by atoms with Gasteiger partial charge in [-0.05, 0) is 31.0 Å². The Kier molecular flexibility index (Phi) is 5.56. The Hall–Kier alpha value is -1.87. The molecule has 0 heterocycles. The Morgan fingerprint density at radius 2 is 2.05 bits per heavy atom. The van der Waals surface area contributed by atoms with Gasteiger partial charge in [-0.2, -0.15) is 5.26 Å². The van der Waals surface area contributed by atoms with Crippen LogP contribution in [0.3, 0.4) is 0 Å². The van der Waals surface area contributed by atoms with Gasteiger partial charge in [0, 0.05) is 4.47 Å². The van der Waals surface area contributed by atoms with Crippen LogP contribution in [-0.2, 0) is 9.53 Å². The number of nitriles is 1. The molecule has 116 valence electrons. The quantitative estimate of drug-likeness (QED) is 0.832. The fraction of sp³-hybridized carbons (Fsp3) is 0.438. The minimum Gasteiger partial charge on any atom is -0.452 e. The summed E-state index contributed by atoms with van der Waals surface area (Å²) in [5.41, 5.74) is -0.438. The first-order valence-corrected chi connectivity index (χ1v) is 7.99. The molecular formula is C16H17BrN2O3. The summed E-state index contributed by atoms with van der Waals surface area (Å²) >= 11 is 3.27. The average Bonchev–Trinajstić information content (AvgIpc) is 2.53. The zero-order chi connectivity index (χ0) is 16.0. The van der Waals surface area contributed by atoms with Gasteiger partial charge in [0.15, 0.2) is 6.61 Å². The Morgan fingerprint density at radius 1 is 1.32 bits per heavy atom. The molecule has 1 N–H and O–H groups in total. The number of ether oxygens (including phenoxy) is 1. The van der Waals surface area contributed by atoms with Gasteiger partial charge < -0.3 is 10.1 Å². The first-order valence-electron chi connectivity index (χ1n) is 7.20. The molecule has 1 saturated carbocycles. The predicted molar refractivity (Wildman–Crippen MR) is 84.0 cm³/mol. The number of benzene rings is 1. The third kappa shape index (κ3) is 4.31. The van der Waals surface area contributed by atoms with Crippen LogP contribution in [0.1, 0.15) is 42.5 Å². The number of amides is 1. The number of rotatable bonds is 4. The molecular weight excluding hydrogens is 348 g/mol. The van der Waals surface area contributed by atoms with Crippen LogP contribution in [0.15, 0.2) is 28.7 Å². The Balaban J connectivity index is 1.87. The molecule has 1 amide bonds. The van der Waals surface area contributed by atoms with Crippen molar-refractivity contribution in [3.05, 3.63) is 34.3 Å². The Morgan fingerprint density at radius 3 is 2.68 bits per heavy atom. The standard InChI is InChI=1S/C16H17BrN2O3/c17-13-6-4-5-12(9-13)15(21)22-10-14(20)19-16(11-18)7-2-1-3-8-16/h4-6,9H,1-3,7-8,10H2,(H,19,20).